The minimum absolute atomic E-state index is 0.0706. The van der Waals surface area contributed by atoms with Gasteiger partial charge in [0.1, 0.15) is 11.4 Å². The van der Waals surface area contributed by atoms with Crippen molar-refractivity contribution in [3.05, 3.63) is 29.8 Å². The van der Waals surface area contributed by atoms with Crippen molar-refractivity contribution in [1.29, 1.82) is 5.41 Å². The zero-order chi connectivity index (χ0) is 16.3. The number of carbonyl (C=O) groups excluding carboxylic acids is 1. The third-order valence-electron chi connectivity index (χ3n) is 3.47. The van der Waals surface area contributed by atoms with Gasteiger partial charge in [0.15, 0.2) is 0 Å². The van der Waals surface area contributed by atoms with Gasteiger partial charge in [0.2, 0.25) is 0 Å². The van der Waals surface area contributed by atoms with Crippen molar-refractivity contribution in [2.24, 2.45) is 5.73 Å². The number of nitrogens with two attached hydrogens (primary N) is 1. The van der Waals surface area contributed by atoms with Crippen LogP contribution >= 0.6 is 0 Å². The second kappa shape index (κ2) is 6.25. The number of benzene rings is 1. The maximum absolute atomic E-state index is 12.0. The molecule has 0 aromatic heterocycles. The van der Waals surface area contributed by atoms with E-state index in [1.54, 1.807) is 4.90 Å². The first-order chi connectivity index (χ1) is 10.3. The van der Waals surface area contributed by atoms with Crippen LogP contribution < -0.4 is 10.6 Å². The summed E-state index contributed by atoms with van der Waals surface area (Å²) in [5.41, 5.74) is 6.79. The van der Waals surface area contributed by atoms with E-state index in [-0.39, 0.29) is 11.9 Å². The quantitative estimate of drug-likeness (QED) is 0.647. The van der Waals surface area contributed by atoms with Crippen molar-refractivity contribution >= 4 is 17.6 Å². The van der Waals surface area contributed by atoms with Crippen LogP contribution in [-0.2, 0) is 4.74 Å². The van der Waals surface area contributed by atoms with Crippen LogP contribution in [0.1, 0.15) is 26.3 Å². The maximum atomic E-state index is 12.0. The Labute approximate surface area is 131 Å². The molecule has 0 saturated carbocycles. The average Bonchev–Trinajstić information content (AvgIpc) is 2.46. The molecule has 6 nitrogen and oxygen atoms in total. The molecule has 1 saturated heterocycles. The van der Waals surface area contributed by atoms with Gasteiger partial charge in [-0.05, 0) is 45.0 Å². The van der Waals surface area contributed by atoms with E-state index in [1.165, 1.54) is 0 Å². The Kier molecular flexibility index (Phi) is 4.59. The fraction of sp³-hybridized carbons (Fsp3) is 0.500. The Bertz CT molecular complexity index is 540. The minimum atomic E-state index is -0.462. The molecule has 3 N–H and O–H groups in total. The molecule has 1 amide bonds. The summed E-state index contributed by atoms with van der Waals surface area (Å²) in [6.45, 7) is 8.43. The SMILES string of the molecule is CC(C)(C)OC(=O)N1CCN(c2ccc(C(=N)N)cc2)CC1. The summed E-state index contributed by atoms with van der Waals surface area (Å²) < 4.78 is 5.39. The number of hydrogen-bond donors (Lipinski definition) is 2. The molecule has 1 heterocycles. The first-order valence-electron chi connectivity index (χ1n) is 7.43. The molecule has 1 aliphatic heterocycles. The third kappa shape index (κ3) is 4.13. The molecular formula is C16H24N4O2. The van der Waals surface area contributed by atoms with E-state index in [9.17, 15) is 4.79 Å². The Morgan fingerprint density at radius 3 is 2.14 bits per heavy atom. The van der Waals surface area contributed by atoms with Gasteiger partial charge in [-0.3, -0.25) is 5.41 Å². The number of nitrogens with zero attached hydrogens (tertiary/aromatic N) is 2. The van der Waals surface area contributed by atoms with Crippen molar-refractivity contribution in [3.63, 3.8) is 0 Å². The topological polar surface area (TPSA) is 82.7 Å². The summed E-state index contributed by atoms with van der Waals surface area (Å²) in [6, 6.07) is 7.61. The Morgan fingerprint density at radius 1 is 1.14 bits per heavy atom. The van der Waals surface area contributed by atoms with Crippen molar-refractivity contribution in [1.82, 2.24) is 4.90 Å². The lowest BCUT2D eigenvalue weighted by Gasteiger charge is -2.36. The van der Waals surface area contributed by atoms with Crippen molar-refractivity contribution in [2.75, 3.05) is 31.1 Å². The van der Waals surface area contributed by atoms with Crippen molar-refractivity contribution in [3.8, 4) is 0 Å². The van der Waals surface area contributed by atoms with Crippen LogP contribution in [0.5, 0.6) is 0 Å². The molecule has 0 atom stereocenters. The molecule has 2 rings (SSSR count). The predicted molar refractivity (Wildman–Crippen MR) is 87.5 cm³/mol. The first-order valence-corrected chi connectivity index (χ1v) is 7.43. The van der Waals surface area contributed by atoms with Gasteiger partial charge in [0, 0.05) is 37.4 Å². The molecular weight excluding hydrogens is 280 g/mol. The molecule has 120 valence electrons. The van der Waals surface area contributed by atoms with Crippen LogP contribution in [0.3, 0.4) is 0 Å². The van der Waals surface area contributed by atoms with E-state index in [0.717, 1.165) is 24.3 Å². The minimum Gasteiger partial charge on any atom is -0.444 e. The number of amides is 1. The van der Waals surface area contributed by atoms with E-state index < -0.39 is 5.60 Å². The van der Waals surface area contributed by atoms with E-state index in [0.29, 0.717) is 13.1 Å². The van der Waals surface area contributed by atoms with Crippen molar-refractivity contribution in [2.45, 2.75) is 26.4 Å². The second-order valence-corrected chi connectivity index (χ2v) is 6.41. The maximum Gasteiger partial charge on any atom is 0.410 e. The molecule has 1 fully saturated rings. The lowest BCUT2D eigenvalue weighted by Crippen LogP contribution is -2.50. The van der Waals surface area contributed by atoms with Gasteiger partial charge in [-0.1, -0.05) is 0 Å². The Hall–Kier alpha value is -2.24. The second-order valence-electron chi connectivity index (χ2n) is 6.41. The van der Waals surface area contributed by atoms with E-state index in [4.69, 9.17) is 15.9 Å². The van der Waals surface area contributed by atoms with Crippen LogP contribution in [0.25, 0.3) is 0 Å². The molecule has 1 aromatic carbocycles. The number of amidine groups is 1. The molecule has 22 heavy (non-hydrogen) atoms. The summed E-state index contributed by atoms with van der Waals surface area (Å²) in [5.74, 6) is 0.0706. The van der Waals surface area contributed by atoms with Crippen LogP contribution in [0.15, 0.2) is 24.3 Å². The van der Waals surface area contributed by atoms with E-state index >= 15 is 0 Å². The molecule has 0 radical (unpaired) electrons. The highest BCUT2D eigenvalue weighted by atomic mass is 16.6. The Morgan fingerprint density at radius 2 is 1.68 bits per heavy atom. The van der Waals surface area contributed by atoms with Crippen molar-refractivity contribution < 1.29 is 9.53 Å². The standard InChI is InChI=1S/C16H24N4O2/c1-16(2,3)22-15(21)20-10-8-19(9-11-20)13-6-4-12(5-7-13)14(17)18/h4-7H,8-11H2,1-3H3,(H3,17,18). The normalized spacial score (nSPS) is 15.6. The smallest absolute Gasteiger partial charge is 0.410 e. The van der Waals surface area contributed by atoms with Crippen LogP contribution in [0.2, 0.25) is 0 Å². The van der Waals surface area contributed by atoms with Gasteiger partial charge >= 0.3 is 6.09 Å². The van der Waals surface area contributed by atoms with Crippen LogP contribution in [-0.4, -0.2) is 48.6 Å². The molecule has 0 bridgehead atoms. The summed E-state index contributed by atoms with van der Waals surface area (Å²) in [7, 11) is 0. The van der Waals surface area contributed by atoms with Crippen LogP contribution in [0, 0.1) is 5.41 Å². The van der Waals surface area contributed by atoms with Gasteiger partial charge in [0.05, 0.1) is 0 Å². The van der Waals surface area contributed by atoms with Gasteiger partial charge in [-0.15, -0.1) is 0 Å². The highest BCUT2D eigenvalue weighted by Gasteiger charge is 2.25. The summed E-state index contributed by atoms with van der Waals surface area (Å²) in [5, 5.41) is 7.40. The van der Waals surface area contributed by atoms with Gasteiger partial charge in [-0.25, -0.2) is 4.79 Å². The number of piperazine rings is 1. The summed E-state index contributed by atoms with van der Waals surface area (Å²) in [4.78, 5) is 16.0. The average molecular weight is 304 g/mol. The Balaban J connectivity index is 1.91. The summed E-state index contributed by atoms with van der Waals surface area (Å²) in [6.07, 6.45) is -0.251. The molecule has 6 heteroatoms. The number of nitrogen functional groups attached to an aromatic ring is 1. The largest absolute Gasteiger partial charge is 0.444 e. The lowest BCUT2D eigenvalue weighted by atomic mass is 10.1. The highest BCUT2D eigenvalue weighted by molar-refractivity contribution is 5.95. The van der Waals surface area contributed by atoms with Gasteiger partial charge in [-0.2, -0.15) is 0 Å². The number of anilines is 1. The molecule has 1 aliphatic rings. The van der Waals surface area contributed by atoms with Gasteiger partial charge < -0.3 is 20.3 Å². The molecule has 0 spiro atoms. The van der Waals surface area contributed by atoms with E-state index in [2.05, 4.69) is 4.90 Å². The number of rotatable bonds is 2. The number of hydrogen-bond acceptors (Lipinski definition) is 4. The summed E-state index contributed by atoms with van der Waals surface area (Å²) >= 11 is 0. The van der Waals surface area contributed by atoms with Gasteiger partial charge in [0.25, 0.3) is 0 Å². The third-order valence-corrected chi connectivity index (χ3v) is 3.47. The number of carbonyl (C=O) groups is 1. The molecule has 1 aromatic rings. The van der Waals surface area contributed by atoms with E-state index in [1.807, 2.05) is 45.0 Å². The van der Waals surface area contributed by atoms with Crippen LogP contribution in [0.4, 0.5) is 10.5 Å². The fourth-order valence-electron chi connectivity index (χ4n) is 2.33. The first kappa shape index (κ1) is 16.1. The number of ether oxygens (including phenoxy) is 1. The monoisotopic (exact) mass is 304 g/mol. The zero-order valence-electron chi connectivity index (χ0n) is 13.4. The fourth-order valence-corrected chi connectivity index (χ4v) is 2.33. The predicted octanol–water partition coefficient (Wildman–Crippen LogP) is 2.03. The molecule has 0 aliphatic carbocycles. The number of nitrogens with one attached hydrogen (secondary N) is 1. The lowest BCUT2D eigenvalue weighted by molar-refractivity contribution is 0.0240. The zero-order valence-corrected chi connectivity index (χ0v) is 13.4. The highest BCUT2D eigenvalue weighted by Crippen LogP contribution is 2.18. The molecule has 0 unspecified atom stereocenters.